The first-order valence-corrected chi connectivity index (χ1v) is 11.1. The molecule has 6 nitrogen and oxygen atoms in total. The van der Waals surface area contributed by atoms with Gasteiger partial charge in [-0.2, -0.15) is 0 Å². The normalized spacial score (nSPS) is 10.5. The number of amides is 1. The summed E-state index contributed by atoms with van der Waals surface area (Å²) in [4.78, 5) is 12.9. The van der Waals surface area contributed by atoms with E-state index in [9.17, 15) is 4.79 Å². The molecular weight excluding hydrogens is 394 g/mol. The molecule has 2 aromatic carbocycles. The number of carbonyl (C=O) groups excluding carboxylic acids is 1. The molecule has 0 spiro atoms. The van der Waals surface area contributed by atoms with Gasteiger partial charge in [0.15, 0.2) is 11.5 Å². The zero-order valence-electron chi connectivity index (χ0n) is 19.2. The van der Waals surface area contributed by atoms with Crippen LogP contribution in [0.25, 0.3) is 0 Å². The number of hydrogen-bond acceptors (Lipinski definition) is 5. The molecule has 0 unspecified atom stereocenters. The van der Waals surface area contributed by atoms with Gasteiger partial charge < -0.3 is 24.3 Å². The van der Waals surface area contributed by atoms with E-state index in [2.05, 4.69) is 19.2 Å². The lowest BCUT2D eigenvalue weighted by molar-refractivity contribution is 0.102. The fourth-order valence-electron chi connectivity index (χ4n) is 3.06. The smallest absolute Gasteiger partial charge is 0.255 e. The lowest BCUT2D eigenvalue weighted by Gasteiger charge is -2.15. The van der Waals surface area contributed by atoms with Crippen LogP contribution in [0.3, 0.4) is 0 Å². The topological polar surface area (TPSA) is 66.0 Å². The van der Waals surface area contributed by atoms with Crippen LogP contribution in [-0.2, 0) is 0 Å². The van der Waals surface area contributed by atoms with Crippen molar-refractivity contribution >= 4 is 11.6 Å². The monoisotopic (exact) mass is 429 g/mol. The van der Waals surface area contributed by atoms with Crippen molar-refractivity contribution in [3.05, 3.63) is 42.0 Å². The third-order valence-electron chi connectivity index (χ3n) is 4.87. The summed E-state index contributed by atoms with van der Waals surface area (Å²) in [6.07, 6.45) is 6.43. The molecule has 6 heteroatoms. The Hall–Kier alpha value is -2.89. The van der Waals surface area contributed by atoms with Gasteiger partial charge in [-0.1, -0.05) is 39.5 Å². The zero-order valence-corrected chi connectivity index (χ0v) is 19.2. The molecule has 1 N–H and O–H groups in total. The van der Waals surface area contributed by atoms with Crippen LogP contribution in [0.4, 0.5) is 5.69 Å². The Morgan fingerprint density at radius 3 is 2.03 bits per heavy atom. The molecule has 0 aromatic heterocycles. The number of benzene rings is 2. The van der Waals surface area contributed by atoms with Gasteiger partial charge in [0.2, 0.25) is 0 Å². The van der Waals surface area contributed by atoms with Crippen molar-refractivity contribution in [3.8, 4) is 23.0 Å². The van der Waals surface area contributed by atoms with Crippen molar-refractivity contribution in [1.82, 2.24) is 0 Å². The molecule has 0 saturated carbocycles. The first-order valence-electron chi connectivity index (χ1n) is 11.1. The average molecular weight is 430 g/mol. The highest BCUT2D eigenvalue weighted by atomic mass is 16.5. The number of anilines is 1. The van der Waals surface area contributed by atoms with E-state index in [-0.39, 0.29) is 5.91 Å². The second-order valence-electron chi connectivity index (χ2n) is 7.29. The number of ether oxygens (including phenoxy) is 4. The minimum absolute atomic E-state index is 0.262. The molecule has 0 heterocycles. The van der Waals surface area contributed by atoms with Crippen LogP contribution < -0.4 is 24.3 Å². The second-order valence-corrected chi connectivity index (χ2v) is 7.29. The van der Waals surface area contributed by atoms with Crippen LogP contribution >= 0.6 is 0 Å². The number of nitrogens with one attached hydrogen (secondary N) is 1. The SMILES string of the molecule is CCCCCOc1ccc(C(=O)Nc2cc(OC)ccc2OC)cc1OCCCCC. The fourth-order valence-corrected chi connectivity index (χ4v) is 3.06. The summed E-state index contributed by atoms with van der Waals surface area (Å²) >= 11 is 0. The summed E-state index contributed by atoms with van der Waals surface area (Å²) in [6, 6.07) is 10.5. The first-order chi connectivity index (χ1) is 15.1. The van der Waals surface area contributed by atoms with Gasteiger partial charge in [-0.25, -0.2) is 0 Å². The molecular formula is C25H35NO5. The van der Waals surface area contributed by atoms with Gasteiger partial charge in [0, 0.05) is 11.6 Å². The van der Waals surface area contributed by atoms with Crippen molar-refractivity contribution in [2.75, 3.05) is 32.8 Å². The van der Waals surface area contributed by atoms with Crippen molar-refractivity contribution in [2.45, 2.75) is 52.4 Å². The Kier molecular flexibility index (Phi) is 10.6. The lowest BCUT2D eigenvalue weighted by Crippen LogP contribution is -2.13. The third-order valence-corrected chi connectivity index (χ3v) is 4.87. The van der Waals surface area contributed by atoms with Crippen molar-refractivity contribution in [3.63, 3.8) is 0 Å². The summed E-state index contributed by atoms with van der Waals surface area (Å²) in [6.45, 7) is 5.53. The van der Waals surface area contributed by atoms with Gasteiger partial charge in [0.05, 0.1) is 33.1 Å². The molecule has 0 radical (unpaired) electrons. The number of rotatable bonds is 14. The number of carbonyl (C=O) groups is 1. The maximum Gasteiger partial charge on any atom is 0.255 e. The van der Waals surface area contributed by atoms with Crippen molar-refractivity contribution in [1.29, 1.82) is 0 Å². The molecule has 2 rings (SSSR count). The highest BCUT2D eigenvalue weighted by Crippen LogP contribution is 2.32. The summed E-state index contributed by atoms with van der Waals surface area (Å²) < 4.78 is 22.5. The summed E-state index contributed by atoms with van der Waals surface area (Å²) in [7, 11) is 3.14. The highest BCUT2D eigenvalue weighted by Gasteiger charge is 2.15. The van der Waals surface area contributed by atoms with Crippen LogP contribution in [0.1, 0.15) is 62.7 Å². The molecule has 0 aliphatic heterocycles. The van der Waals surface area contributed by atoms with E-state index in [1.165, 1.54) is 0 Å². The van der Waals surface area contributed by atoms with Gasteiger partial charge in [0.1, 0.15) is 11.5 Å². The predicted molar refractivity (Wildman–Crippen MR) is 124 cm³/mol. The zero-order chi connectivity index (χ0) is 22.5. The third kappa shape index (κ3) is 7.70. The Morgan fingerprint density at radius 2 is 1.42 bits per heavy atom. The van der Waals surface area contributed by atoms with E-state index in [1.54, 1.807) is 50.6 Å². The minimum atomic E-state index is -0.262. The van der Waals surface area contributed by atoms with Gasteiger partial charge in [-0.05, 0) is 43.2 Å². The minimum Gasteiger partial charge on any atom is -0.497 e. The molecule has 0 atom stereocenters. The van der Waals surface area contributed by atoms with Crippen molar-refractivity contribution in [2.24, 2.45) is 0 Å². The van der Waals surface area contributed by atoms with Crippen LogP contribution in [0, 0.1) is 0 Å². The van der Waals surface area contributed by atoms with E-state index in [4.69, 9.17) is 18.9 Å². The second kappa shape index (κ2) is 13.4. The lowest BCUT2D eigenvalue weighted by atomic mass is 10.1. The van der Waals surface area contributed by atoms with Crippen LogP contribution in [0.5, 0.6) is 23.0 Å². The van der Waals surface area contributed by atoms with E-state index in [1.807, 2.05) is 0 Å². The standard InChI is InChI=1S/C25H35NO5/c1-5-7-9-15-30-23-13-11-19(17-24(23)31-16-10-8-6-2)25(27)26-21-18-20(28-3)12-14-22(21)29-4/h11-14,17-18H,5-10,15-16H2,1-4H3,(H,26,27). The van der Waals surface area contributed by atoms with E-state index >= 15 is 0 Å². The maximum absolute atomic E-state index is 12.9. The molecule has 2 aromatic rings. The summed E-state index contributed by atoms with van der Waals surface area (Å²) in [5.74, 6) is 2.19. The molecule has 1 amide bonds. The van der Waals surface area contributed by atoms with E-state index < -0.39 is 0 Å². The molecule has 0 saturated heterocycles. The predicted octanol–water partition coefficient (Wildman–Crippen LogP) is 6.09. The van der Waals surface area contributed by atoms with Crippen LogP contribution in [0.15, 0.2) is 36.4 Å². The van der Waals surface area contributed by atoms with Gasteiger partial charge in [0.25, 0.3) is 5.91 Å². The number of hydrogen-bond donors (Lipinski definition) is 1. The largest absolute Gasteiger partial charge is 0.497 e. The Labute approximate surface area is 185 Å². The van der Waals surface area contributed by atoms with Gasteiger partial charge in [-0.3, -0.25) is 4.79 Å². The van der Waals surface area contributed by atoms with Gasteiger partial charge in [-0.15, -0.1) is 0 Å². The maximum atomic E-state index is 12.9. The number of unbranched alkanes of at least 4 members (excludes halogenated alkanes) is 4. The Balaban J connectivity index is 2.17. The first kappa shape index (κ1) is 24.4. The molecule has 0 aliphatic rings. The molecule has 0 bridgehead atoms. The highest BCUT2D eigenvalue weighted by molar-refractivity contribution is 6.05. The molecule has 0 fully saturated rings. The van der Waals surface area contributed by atoms with Crippen LogP contribution in [-0.4, -0.2) is 33.3 Å². The van der Waals surface area contributed by atoms with Crippen LogP contribution in [0.2, 0.25) is 0 Å². The fraction of sp³-hybridized carbons (Fsp3) is 0.480. The van der Waals surface area contributed by atoms with E-state index in [0.717, 1.165) is 38.5 Å². The quantitative estimate of drug-likeness (QED) is 0.368. The summed E-state index contributed by atoms with van der Waals surface area (Å²) in [5, 5.41) is 2.90. The Morgan fingerprint density at radius 1 is 0.774 bits per heavy atom. The molecule has 31 heavy (non-hydrogen) atoms. The average Bonchev–Trinajstić information content (AvgIpc) is 2.80. The van der Waals surface area contributed by atoms with E-state index in [0.29, 0.717) is 47.5 Å². The Bertz CT molecular complexity index is 822. The van der Waals surface area contributed by atoms with Crippen molar-refractivity contribution < 1.29 is 23.7 Å². The molecule has 0 aliphatic carbocycles. The van der Waals surface area contributed by atoms with Gasteiger partial charge >= 0.3 is 0 Å². The molecule has 170 valence electrons. The number of methoxy groups -OCH3 is 2. The summed E-state index contributed by atoms with van der Waals surface area (Å²) in [5.41, 5.74) is 1.02.